The van der Waals surface area contributed by atoms with Gasteiger partial charge in [-0.2, -0.15) is 0 Å². The van der Waals surface area contributed by atoms with Crippen LogP contribution < -0.4 is 0 Å². The van der Waals surface area contributed by atoms with Gasteiger partial charge in [-0.3, -0.25) is 0 Å². The molecule has 1 N–H and O–H groups in total. The van der Waals surface area contributed by atoms with E-state index in [0.717, 1.165) is 5.92 Å². The molecule has 1 heterocycles. The summed E-state index contributed by atoms with van der Waals surface area (Å²) in [4.78, 5) is 4.99. The predicted molar refractivity (Wildman–Crippen MR) is 82.4 cm³/mol. The number of nitrogens with zero attached hydrogens (tertiary/aromatic N) is 2. The van der Waals surface area contributed by atoms with Crippen molar-refractivity contribution in [3.63, 3.8) is 0 Å². The van der Waals surface area contributed by atoms with Gasteiger partial charge in [-0.1, -0.05) is 26.7 Å². The zero-order valence-electron chi connectivity index (χ0n) is 13.3. The van der Waals surface area contributed by atoms with Crippen molar-refractivity contribution in [2.24, 2.45) is 11.8 Å². The summed E-state index contributed by atoms with van der Waals surface area (Å²) in [5.74, 6) is 1.30. The molecule has 1 saturated heterocycles. The molecule has 1 fully saturated rings. The first kappa shape index (κ1) is 16.9. The highest BCUT2D eigenvalue weighted by Crippen LogP contribution is 2.17. The van der Waals surface area contributed by atoms with Crippen LogP contribution in [0.4, 0.5) is 0 Å². The molecule has 1 aliphatic heterocycles. The van der Waals surface area contributed by atoms with Gasteiger partial charge in [-0.15, -0.1) is 0 Å². The highest BCUT2D eigenvalue weighted by atomic mass is 16.3. The van der Waals surface area contributed by atoms with Crippen LogP contribution in [0.15, 0.2) is 0 Å². The fraction of sp³-hybridized carbons (Fsp3) is 1.00. The number of rotatable bonds is 9. The van der Waals surface area contributed by atoms with E-state index in [1.54, 1.807) is 0 Å². The molecule has 3 nitrogen and oxygen atoms in total. The maximum absolute atomic E-state index is 9.40. The monoisotopic (exact) mass is 270 g/mol. The second-order valence-corrected chi connectivity index (χ2v) is 6.66. The van der Waals surface area contributed by atoms with Gasteiger partial charge >= 0.3 is 0 Å². The summed E-state index contributed by atoms with van der Waals surface area (Å²) in [6.45, 7) is 11.0. The summed E-state index contributed by atoms with van der Waals surface area (Å²) >= 11 is 0. The SMILES string of the molecule is CC(C)CCC(CO)CCCCN1CCN(C)CC1. The zero-order valence-corrected chi connectivity index (χ0v) is 13.3. The maximum Gasteiger partial charge on any atom is 0.0459 e. The van der Waals surface area contributed by atoms with Gasteiger partial charge in [0.2, 0.25) is 0 Å². The molecular weight excluding hydrogens is 236 g/mol. The minimum atomic E-state index is 0.376. The summed E-state index contributed by atoms with van der Waals surface area (Å²) in [6, 6.07) is 0. The third-order valence-electron chi connectivity index (χ3n) is 4.34. The maximum atomic E-state index is 9.40. The molecule has 0 aromatic heterocycles. The number of piperazine rings is 1. The molecule has 1 aliphatic rings. The van der Waals surface area contributed by atoms with E-state index in [1.807, 2.05) is 0 Å². The zero-order chi connectivity index (χ0) is 14.1. The first-order chi connectivity index (χ1) is 9.11. The van der Waals surface area contributed by atoms with Crippen LogP contribution in [0, 0.1) is 11.8 Å². The van der Waals surface area contributed by atoms with Gasteiger partial charge in [0.05, 0.1) is 0 Å². The minimum absolute atomic E-state index is 0.376. The number of hydrogen-bond acceptors (Lipinski definition) is 3. The summed E-state index contributed by atoms with van der Waals surface area (Å²) in [7, 11) is 2.21. The van der Waals surface area contributed by atoms with Crippen molar-refractivity contribution in [2.45, 2.75) is 46.0 Å². The lowest BCUT2D eigenvalue weighted by Crippen LogP contribution is -2.44. The third kappa shape index (κ3) is 7.91. The van der Waals surface area contributed by atoms with Gasteiger partial charge in [0.15, 0.2) is 0 Å². The summed E-state index contributed by atoms with van der Waals surface area (Å²) < 4.78 is 0. The summed E-state index contributed by atoms with van der Waals surface area (Å²) in [5.41, 5.74) is 0. The van der Waals surface area contributed by atoms with Gasteiger partial charge in [0.25, 0.3) is 0 Å². The molecule has 19 heavy (non-hydrogen) atoms. The van der Waals surface area contributed by atoms with Crippen molar-refractivity contribution in [1.29, 1.82) is 0 Å². The van der Waals surface area contributed by atoms with Gasteiger partial charge in [0, 0.05) is 32.8 Å². The van der Waals surface area contributed by atoms with Crippen LogP contribution in [0.1, 0.15) is 46.0 Å². The topological polar surface area (TPSA) is 26.7 Å². The standard InChI is InChI=1S/C16H34N2O/c1-15(2)7-8-16(14-19)6-4-5-9-18-12-10-17(3)11-13-18/h15-16,19H,4-14H2,1-3H3. The van der Waals surface area contributed by atoms with Crippen LogP contribution >= 0.6 is 0 Å². The number of likely N-dealkylation sites (N-methyl/N-ethyl adjacent to an activating group) is 1. The van der Waals surface area contributed by atoms with Crippen LogP contribution in [0.3, 0.4) is 0 Å². The van der Waals surface area contributed by atoms with Gasteiger partial charge < -0.3 is 14.9 Å². The van der Waals surface area contributed by atoms with E-state index in [9.17, 15) is 5.11 Å². The highest BCUT2D eigenvalue weighted by molar-refractivity contribution is 4.69. The Labute approximate surface area is 120 Å². The Morgan fingerprint density at radius 1 is 0.947 bits per heavy atom. The van der Waals surface area contributed by atoms with Crippen molar-refractivity contribution < 1.29 is 5.11 Å². The predicted octanol–water partition coefficient (Wildman–Crippen LogP) is 2.45. The number of unbranched alkanes of at least 4 members (excludes halogenated alkanes) is 1. The van der Waals surface area contributed by atoms with E-state index in [-0.39, 0.29) is 0 Å². The van der Waals surface area contributed by atoms with Gasteiger partial charge in [-0.05, 0) is 44.7 Å². The molecule has 0 aromatic carbocycles. The van der Waals surface area contributed by atoms with Crippen LogP contribution in [0.2, 0.25) is 0 Å². The van der Waals surface area contributed by atoms with Gasteiger partial charge in [-0.25, -0.2) is 0 Å². The first-order valence-electron chi connectivity index (χ1n) is 8.13. The molecule has 1 unspecified atom stereocenters. The van der Waals surface area contributed by atoms with Crippen LogP contribution in [0.5, 0.6) is 0 Å². The Morgan fingerprint density at radius 3 is 2.21 bits per heavy atom. The fourth-order valence-electron chi connectivity index (χ4n) is 2.74. The second kappa shape index (κ2) is 9.73. The molecule has 0 amide bonds. The minimum Gasteiger partial charge on any atom is -0.396 e. The molecule has 0 radical (unpaired) electrons. The Bertz CT molecular complexity index is 213. The summed E-state index contributed by atoms with van der Waals surface area (Å²) in [6.07, 6.45) is 6.22. The lowest BCUT2D eigenvalue weighted by molar-refractivity contribution is 0.149. The largest absolute Gasteiger partial charge is 0.396 e. The van der Waals surface area contributed by atoms with E-state index in [1.165, 1.54) is 64.8 Å². The molecule has 0 aromatic rings. The van der Waals surface area contributed by atoms with E-state index in [2.05, 4.69) is 30.7 Å². The fourth-order valence-corrected chi connectivity index (χ4v) is 2.74. The van der Waals surface area contributed by atoms with Crippen LogP contribution in [0.25, 0.3) is 0 Å². The Morgan fingerprint density at radius 2 is 1.63 bits per heavy atom. The lowest BCUT2D eigenvalue weighted by atomic mass is 9.94. The third-order valence-corrected chi connectivity index (χ3v) is 4.34. The second-order valence-electron chi connectivity index (χ2n) is 6.66. The molecule has 114 valence electrons. The number of aliphatic hydroxyl groups excluding tert-OH is 1. The van der Waals surface area contributed by atoms with Crippen LogP contribution in [-0.4, -0.2) is 61.3 Å². The Balaban J connectivity index is 2.02. The Kier molecular flexibility index (Phi) is 8.67. The quantitative estimate of drug-likeness (QED) is 0.652. The van der Waals surface area contributed by atoms with Gasteiger partial charge in [0.1, 0.15) is 0 Å². The average Bonchev–Trinajstić information content (AvgIpc) is 2.40. The molecule has 0 spiro atoms. The molecule has 0 saturated carbocycles. The Hall–Kier alpha value is -0.120. The van der Waals surface area contributed by atoms with E-state index in [4.69, 9.17) is 0 Å². The van der Waals surface area contributed by atoms with Crippen LogP contribution in [-0.2, 0) is 0 Å². The average molecular weight is 270 g/mol. The molecule has 0 bridgehead atoms. The molecular formula is C16H34N2O. The van der Waals surface area contributed by atoms with E-state index in [0.29, 0.717) is 12.5 Å². The lowest BCUT2D eigenvalue weighted by Gasteiger charge is -2.32. The van der Waals surface area contributed by atoms with E-state index < -0.39 is 0 Å². The smallest absolute Gasteiger partial charge is 0.0459 e. The van der Waals surface area contributed by atoms with Crippen molar-refractivity contribution >= 4 is 0 Å². The van der Waals surface area contributed by atoms with Crippen molar-refractivity contribution in [2.75, 3.05) is 46.4 Å². The first-order valence-corrected chi connectivity index (χ1v) is 8.13. The number of aliphatic hydroxyl groups is 1. The number of hydrogen-bond donors (Lipinski definition) is 1. The normalized spacial score (nSPS) is 20.1. The van der Waals surface area contributed by atoms with Crippen molar-refractivity contribution in [3.05, 3.63) is 0 Å². The molecule has 0 aliphatic carbocycles. The highest BCUT2D eigenvalue weighted by Gasteiger charge is 2.13. The molecule has 1 rings (SSSR count). The van der Waals surface area contributed by atoms with Crippen molar-refractivity contribution in [3.8, 4) is 0 Å². The summed E-state index contributed by atoms with van der Waals surface area (Å²) in [5, 5.41) is 9.40. The molecule has 1 atom stereocenters. The molecule has 3 heteroatoms. The van der Waals surface area contributed by atoms with Crippen molar-refractivity contribution in [1.82, 2.24) is 9.80 Å². The van der Waals surface area contributed by atoms with E-state index >= 15 is 0 Å².